The van der Waals surface area contributed by atoms with Crippen molar-refractivity contribution in [2.24, 2.45) is 0 Å². The third kappa shape index (κ3) is 3.23. The van der Waals surface area contributed by atoms with Crippen molar-refractivity contribution in [1.82, 2.24) is 0 Å². The summed E-state index contributed by atoms with van der Waals surface area (Å²) in [6.45, 7) is 2.07. The monoisotopic (exact) mass is 272 g/mol. The first kappa shape index (κ1) is 14.3. The zero-order valence-electron chi connectivity index (χ0n) is 11.7. The number of rotatable bonds is 5. The van der Waals surface area contributed by atoms with Gasteiger partial charge in [-0.05, 0) is 29.7 Å². The fraction of sp³-hybridized carbons (Fsp3) is 0.235. The minimum atomic E-state index is -0.445. The van der Waals surface area contributed by atoms with Crippen LogP contribution in [-0.4, -0.2) is 12.9 Å². The van der Waals surface area contributed by atoms with Crippen molar-refractivity contribution in [3.05, 3.63) is 65.0 Å². The summed E-state index contributed by atoms with van der Waals surface area (Å²) in [6.07, 6.45) is 1.13. The third-order valence-electron chi connectivity index (χ3n) is 3.27. The number of ether oxygens (including phenoxy) is 1. The lowest BCUT2D eigenvalue weighted by Crippen LogP contribution is -2.04. The summed E-state index contributed by atoms with van der Waals surface area (Å²) in [7, 11) is 1.42. The Hall–Kier alpha value is -2.16. The standard InChI is InChI=1S/C17H17FO2/c1-3-12-4-7-14(8-5-12)16(19)11-13-6-9-17(20-2)15(18)10-13/h4-10H,3,11H2,1-2H3. The quantitative estimate of drug-likeness (QED) is 0.773. The Morgan fingerprint density at radius 3 is 2.30 bits per heavy atom. The van der Waals surface area contributed by atoms with Crippen LogP contribution in [0.25, 0.3) is 0 Å². The molecular formula is C17H17FO2. The van der Waals surface area contributed by atoms with E-state index in [2.05, 4.69) is 6.92 Å². The van der Waals surface area contributed by atoms with E-state index in [1.54, 1.807) is 6.07 Å². The zero-order chi connectivity index (χ0) is 14.5. The molecule has 0 N–H and O–H groups in total. The largest absolute Gasteiger partial charge is 0.494 e. The van der Waals surface area contributed by atoms with Crippen molar-refractivity contribution in [3.63, 3.8) is 0 Å². The van der Waals surface area contributed by atoms with Crippen LogP contribution in [0, 0.1) is 5.82 Å². The minimum Gasteiger partial charge on any atom is -0.494 e. The van der Waals surface area contributed by atoms with E-state index >= 15 is 0 Å². The van der Waals surface area contributed by atoms with Crippen molar-refractivity contribution in [2.45, 2.75) is 19.8 Å². The van der Waals surface area contributed by atoms with E-state index in [1.165, 1.54) is 24.8 Å². The number of hydrogen-bond acceptors (Lipinski definition) is 2. The summed E-state index contributed by atoms with van der Waals surface area (Å²) in [5, 5.41) is 0. The molecule has 0 atom stereocenters. The SMILES string of the molecule is CCc1ccc(C(=O)Cc2ccc(OC)c(F)c2)cc1. The molecule has 0 unspecified atom stereocenters. The lowest BCUT2D eigenvalue weighted by molar-refractivity contribution is 0.0993. The molecule has 2 aromatic rings. The molecule has 2 nitrogen and oxygen atoms in total. The molecule has 0 heterocycles. The second-order valence-electron chi connectivity index (χ2n) is 4.62. The van der Waals surface area contributed by atoms with Gasteiger partial charge in [0, 0.05) is 12.0 Å². The third-order valence-corrected chi connectivity index (χ3v) is 3.27. The fourth-order valence-corrected chi connectivity index (χ4v) is 2.03. The normalized spacial score (nSPS) is 10.3. The minimum absolute atomic E-state index is 0.0165. The Labute approximate surface area is 118 Å². The maximum Gasteiger partial charge on any atom is 0.167 e. The molecule has 0 radical (unpaired) electrons. The molecule has 2 aromatic carbocycles. The first-order valence-corrected chi connectivity index (χ1v) is 6.58. The van der Waals surface area contributed by atoms with Gasteiger partial charge in [-0.2, -0.15) is 0 Å². The van der Waals surface area contributed by atoms with Gasteiger partial charge < -0.3 is 4.74 Å². The summed E-state index contributed by atoms with van der Waals surface area (Å²) in [5.74, 6) is -0.273. The van der Waals surface area contributed by atoms with E-state index < -0.39 is 5.82 Å². The van der Waals surface area contributed by atoms with Crippen molar-refractivity contribution in [3.8, 4) is 5.75 Å². The van der Waals surface area contributed by atoms with Gasteiger partial charge in [-0.15, -0.1) is 0 Å². The Kier molecular flexibility index (Phi) is 4.51. The van der Waals surface area contributed by atoms with Crippen LogP contribution in [0.1, 0.15) is 28.4 Å². The maximum atomic E-state index is 13.6. The maximum absolute atomic E-state index is 13.6. The molecule has 0 aromatic heterocycles. The number of halogens is 1. The number of carbonyl (C=O) groups is 1. The number of ketones is 1. The second kappa shape index (κ2) is 6.33. The van der Waals surface area contributed by atoms with E-state index in [9.17, 15) is 9.18 Å². The van der Waals surface area contributed by atoms with Gasteiger partial charge in [-0.3, -0.25) is 4.79 Å². The lowest BCUT2D eigenvalue weighted by Gasteiger charge is -2.05. The van der Waals surface area contributed by atoms with Gasteiger partial charge in [-0.25, -0.2) is 4.39 Å². The molecule has 0 bridgehead atoms. The molecule has 0 saturated carbocycles. The zero-order valence-corrected chi connectivity index (χ0v) is 11.7. The fourth-order valence-electron chi connectivity index (χ4n) is 2.03. The van der Waals surface area contributed by atoms with E-state index in [0.717, 1.165) is 6.42 Å². The average molecular weight is 272 g/mol. The highest BCUT2D eigenvalue weighted by atomic mass is 19.1. The Bertz CT molecular complexity index is 603. The Morgan fingerprint density at radius 1 is 1.10 bits per heavy atom. The molecule has 0 aliphatic rings. The van der Waals surface area contributed by atoms with Crippen molar-refractivity contribution >= 4 is 5.78 Å². The smallest absolute Gasteiger partial charge is 0.167 e. The molecule has 0 aliphatic carbocycles. The van der Waals surface area contributed by atoms with Crippen LogP contribution in [0.5, 0.6) is 5.75 Å². The van der Waals surface area contributed by atoms with Crippen LogP contribution in [0.4, 0.5) is 4.39 Å². The van der Waals surface area contributed by atoms with Crippen LogP contribution < -0.4 is 4.74 Å². The highest BCUT2D eigenvalue weighted by Gasteiger charge is 2.09. The van der Waals surface area contributed by atoms with Gasteiger partial charge in [0.25, 0.3) is 0 Å². The summed E-state index contributed by atoms with van der Waals surface area (Å²) in [6, 6.07) is 12.1. The van der Waals surface area contributed by atoms with Gasteiger partial charge in [0.05, 0.1) is 7.11 Å². The molecule has 0 amide bonds. The molecule has 0 fully saturated rings. The van der Waals surface area contributed by atoms with Crippen LogP contribution >= 0.6 is 0 Å². The highest BCUT2D eigenvalue weighted by molar-refractivity contribution is 5.97. The summed E-state index contributed by atoms with van der Waals surface area (Å²) in [5.41, 5.74) is 2.49. The van der Waals surface area contributed by atoms with E-state index in [1.807, 2.05) is 24.3 Å². The van der Waals surface area contributed by atoms with Gasteiger partial charge in [-0.1, -0.05) is 37.3 Å². The number of Topliss-reactive ketones (excluding diaryl/α,β-unsaturated/α-hetero) is 1. The van der Waals surface area contributed by atoms with Gasteiger partial charge in [0.1, 0.15) is 0 Å². The van der Waals surface area contributed by atoms with E-state index in [4.69, 9.17) is 4.74 Å². The van der Waals surface area contributed by atoms with Crippen LogP contribution in [0.3, 0.4) is 0 Å². The molecule has 0 saturated heterocycles. The number of aryl methyl sites for hydroxylation is 1. The van der Waals surface area contributed by atoms with Crippen molar-refractivity contribution < 1.29 is 13.9 Å². The Morgan fingerprint density at radius 2 is 1.75 bits per heavy atom. The van der Waals surface area contributed by atoms with Crippen molar-refractivity contribution in [2.75, 3.05) is 7.11 Å². The van der Waals surface area contributed by atoms with Crippen LogP contribution in [0.2, 0.25) is 0 Å². The Balaban J connectivity index is 2.12. The highest BCUT2D eigenvalue weighted by Crippen LogP contribution is 2.19. The summed E-state index contributed by atoms with van der Waals surface area (Å²) < 4.78 is 18.4. The van der Waals surface area contributed by atoms with Gasteiger partial charge >= 0.3 is 0 Å². The van der Waals surface area contributed by atoms with Gasteiger partial charge in [0.15, 0.2) is 17.3 Å². The molecule has 2 rings (SSSR count). The molecule has 3 heteroatoms. The topological polar surface area (TPSA) is 26.3 Å². The van der Waals surface area contributed by atoms with E-state index in [-0.39, 0.29) is 18.0 Å². The molecular weight excluding hydrogens is 255 g/mol. The molecule has 0 aliphatic heterocycles. The van der Waals surface area contributed by atoms with Crippen LogP contribution in [0.15, 0.2) is 42.5 Å². The predicted octanol–water partition coefficient (Wildman–Crippen LogP) is 3.82. The lowest BCUT2D eigenvalue weighted by atomic mass is 10.0. The van der Waals surface area contributed by atoms with E-state index in [0.29, 0.717) is 11.1 Å². The predicted molar refractivity (Wildman–Crippen MR) is 76.8 cm³/mol. The number of hydrogen-bond donors (Lipinski definition) is 0. The number of benzene rings is 2. The summed E-state index contributed by atoms with van der Waals surface area (Å²) in [4.78, 5) is 12.1. The van der Waals surface area contributed by atoms with Crippen molar-refractivity contribution in [1.29, 1.82) is 0 Å². The number of methoxy groups -OCH3 is 1. The second-order valence-corrected chi connectivity index (χ2v) is 4.62. The molecule has 0 spiro atoms. The molecule has 104 valence electrons. The van der Waals surface area contributed by atoms with Crippen LogP contribution in [-0.2, 0) is 12.8 Å². The average Bonchev–Trinajstić information content (AvgIpc) is 2.47. The first-order chi connectivity index (χ1) is 9.63. The molecule has 20 heavy (non-hydrogen) atoms. The first-order valence-electron chi connectivity index (χ1n) is 6.58. The number of carbonyl (C=O) groups excluding carboxylic acids is 1. The van der Waals surface area contributed by atoms with Gasteiger partial charge in [0.2, 0.25) is 0 Å². The summed E-state index contributed by atoms with van der Waals surface area (Å²) >= 11 is 0.